The van der Waals surface area contributed by atoms with Gasteiger partial charge in [-0.1, -0.05) is 154 Å². The highest BCUT2D eigenvalue weighted by Crippen LogP contribution is 2.32. The lowest BCUT2D eigenvalue weighted by Gasteiger charge is -2.10. The van der Waals surface area contributed by atoms with Crippen molar-refractivity contribution in [2.24, 2.45) is 7.05 Å². The predicted molar refractivity (Wildman–Crippen MR) is 183 cm³/mol. The topological polar surface area (TPSA) is 17.8 Å². The molecule has 42 heavy (non-hydrogen) atoms. The van der Waals surface area contributed by atoms with Crippen molar-refractivity contribution in [3.8, 4) is 22.5 Å². The number of allylic oxidation sites excluding steroid dienone is 8. The van der Waals surface area contributed by atoms with Gasteiger partial charge in [-0.25, -0.2) is 4.98 Å². The minimum atomic E-state index is 0.822. The Hall–Kier alpha value is -5.47. The maximum Gasteiger partial charge on any atom is 0.140 e. The van der Waals surface area contributed by atoms with Crippen molar-refractivity contribution in [2.45, 2.75) is 0 Å². The molecule has 0 aliphatic carbocycles. The Kier molecular flexibility index (Phi) is 8.56. The summed E-state index contributed by atoms with van der Waals surface area (Å²) in [5.41, 5.74) is 9.02. The van der Waals surface area contributed by atoms with E-state index in [1.54, 1.807) is 6.08 Å². The molecule has 5 rings (SSSR count). The molecule has 5 aromatic rings. The lowest BCUT2D eigenvalue weighted by molar-refractivity contribution is 0.959. The first-order chi connectivity index (χ1) is 20.5. The van der Waals surface area contributed by atoms with Gasteiger partial charge >= 0.3 is 0 Å². The number of para-hydroxylation sites is 2. The Morgan fingerprint density at radius 2 is 1.26 bits per heavy atom. The summed E-state index contributed by atoms with van der Waals surface area (Å²) >= 11 is 0. The number of aromatic nitrogens is 2. The van der Waals surface area contributed by atoms with Crippen molar-refractivity contribution >= 4 is 27.4 Å². The number of imidazole rings is 1. The zero-order chi connectivity index (χ0) is 29.5. The van der Waals surface area contributed by atoms with E-state index in [1.165, 1.54) is 0 Å². The van der Waals surface area contributed by atoms with Gasteiger partial charge in [-0.15, -0.1) is 0 Å². The summed E-state index contributed by atoms with van der Waals surface area (Å²) in [6, 6.07) is 37.9. The van der Waals surface area contributed by atoms with E-state index >= 15 is 0 Å². The Morgan fingerprint density at radius 3 is 2.00 bits per heavy atom. The van der Waals surface area contributed by atoms with Crippen molar-refractivity contribution in [1.29, 1.82) is 0 Å². The molecule has 2 heteroatoms. The van der Waals surface area contributed by atoms with E-state index in [0.29, 0.717) is 0 Å². The molecule has 0 unspecified atom stereocenters. The van der Waals surface area contributed by atoms with Crippen molar-refractivity contribution in [2.75, 3.05) is 0 Å². The molecule has 2 nitrogen and oxygen atoms in total. The fourth-order valence-electron chi connectivity index (χ4n) is 4.99. The normalized spacial score (nSPS) is 11.2. The van der Waals surface area contributed by atoms with E-state index in [0.717, 1.165) is 66.6 Å². The third-order valence-corrected chi connectivity index (χ3v) is 7.29. The number of rotatable bonds is 8. The Bertz CT molecular complexity index is 1940. The Balaban J connectivity index is 1.59. The second-order valence-electron chi connectivity index (χ2n) is 10.0. The van der Waals surface area contributed by atoms with Crippen LogP contribution in [-0.4, -0.2) is 9.55 Å². The van der Waals surface area contributed by atoms with Crippen molar-refractivity contribution in [3.63, 3.8) is 0 Å². The van der Waals surface area contributed by atoms with Gasteiger partial charge in [-0.05, 0) is 56.3 Å². The fraction of sp³-hybridized carbons (Fsp3) is 0.0250. The van der Waals surface area contributed by atoms with E-state index in [2.05, 4.69) is 117 Å². The van der Waals surface area contributed by atoms with Crippen LogP contribution in [0.5, 0.6) is 0 Å². The molecule has 204 valence electrons. The second kappa shape index (κ2) is 12.8. The molecule has 0 fully saturated rings. The van der Waals surface area contributed by atoms with Crippen LogP contribution in [0.2, 0.25) is 0 Å². The van der Waals surface area contributed by atoms with Crippen LogP contribution in [0.3, 0.4) is 0 Å². The van der Waals surface area contributed by atoms with Gasteiger partial charge in [-0.3, -0.25) is 0 Å². The first-order valence-electron chi connectivity index (χ1n) is 13.9. The number of fused-ring (bicyclic) bond motifs is 2. The summed E-state index contributed by atoms with van der Waals surface area (Å²) < 4.78 is 2.15. The molecule has 4 aromatic carbocycles. The maximum absolute atomic E-state index is 4.88. The van der Waals surface area contributed by atoms with Crippen LogP contribution in [0.4, 0.5) is 0 Å². The minimum Gasteiger partial charge on any atom is -0.327 e. The van der Waals surface area contributed by atoms with Gasteiger partial charge in [-0.2, -0.15) is 0 Å². The quantitative estimate of drug-likeness (QED) is 0.178. The zero-order valence-corrected chi connectivity index (χ0v) is 24.0. The largest absolute Gasteiger partial charge is 0.327 e. The van der Waals surface area contributed by atoms with Crippen LogP contribution in [0.25, 0.3) is 49.9 Å². The van der Waals surface area contributed by atoms with E-state index in [9.17, 15) is 0 Å². The Labute approximate surface area is 248 Å². The molecule has 0 amide bonds. The molecule has 0 aliphatic rings. The SMILES string of the molecule is C=C/C=C\C(=C)C(=C)/C=C\C(=C)c1ccccccc(-c2ccc(-c3nc4ccccc4n3C)cc2)c2ccccc12. The van der Waals surface area contributed by atoms with Gasteiger partial charge in [0.15, 0.2) is 0 Å². The average Bonchev–Trinajstić information content (AvgIpc) is 3.36. The summed E-state index contributed by atoms with van der Waals surface area (Å²) in [4.78, 5) is 4.88. The number of aryl methyl sites for hydroxylation is 1. The molecule has 0 N–H and O–H groups in total. The molecule has 1 heterocycles. The molecule has 0 saturated heterocycles. The van der Waals surface area contributed by atoms with Crippen LogP contribution in [0, 0.1) is 0 Å². The third-order valence-electron chi connectivity index (χ3n) is 7.29. The summed E-state index contributed by atoms with van der Waals surface area (Å²) in [6.07, 6.45) is 9.44. The van der Waals surface area contributed by atoms with E-state index in [1.807, 2.05) is 54.6 Å². The molecule has 0 radical (unpaired) electrons. The summed E-state index contributed by atoms with van der Waals surface area (Å²) in [5.74, 6) is 0.950. The monoisotopic (exact) mass is 542 g/mol. The van der Waals surface area contributed by atoms with E-state index in [-0.39, 0.29) is 0 Å². The first kappa shape index (κ1) is 28.1. The van der Waals surface area contributed by atoms with Gasteiger partial charge in [0.05, 0.1) is 11.0 Å². The van der Waals surface area contributed by atoms with Crippen LogP contribution >= 0.6 is 0 Å². The summed E-state index contributed by atoms with van der Waals surface area (Å²) in [5, 5.41) is 2.24. The highest BCUT2D eigenvalue weighted by Gasteiger charge is 2.11. The molecule has 0 atom stereocenters. The van der Waals surface area contributed by atoms with Crippen molar-refractivity contribution in [1.82, 2.24) is 9.55 Å². The number of hydrogen-bond acceptors (Lipinski definition) is 1. The highest BCUT2D eigenvalue weighted by atomic mass is 15.1. The van der Waals surface area contributed by atoms with Crippen LogP contribution in [0.1, 0.15) is 5.56 Å². The number of nitrogens with zero attached hydrogens (tertiary/aromatic N) is 2. The van der Waals surface area contributed by atoms with Gasteiger partial charge in [0.1, 0.15) is 5.82 Å². The lowest BCUT2D eigenvalue weighted by Crippen LogP contribution is -1.92. The van der Waals surface area contributed by atoms with Gasteiger partial charge in [0.25, 0.3) is 0 Å². The van der Waals surface area contributed by atoms with Gasteiger partial charge in [0.2, 0.25) is 0 Å². The van der Waals surface area contributed by atoms with Crippen molar-refractivity contribution in [3.05, 3.63) is 183 Å². The first-order valence-corrected chi connectivity index (χ1v) is 13.9. The van der Waals surface area contributed by atoms with E-state index < -0.39 is 0 Å². The molecule has 0 saturated carbocycles. The Morgan fingerprint density at radius 1 is 0.643 bits per heavy atom. The molecular formula is C40H34N2. The van der Waals surface area contributed by atoms with Gasteiger partial charge < -0.3 is 4.57 Å². The predicted octanol–water partition coefficient (Wildman–Crippen LogP) is 10.6. The summed E-state index contributed by atoms with van der Waals surface area (Å²) in [7, 11) is 2.06. The van der Waals surface area contributed by atoms with E-state index in [4.69, 9.17) is 4.98 Å². The standard InChI is InChI=1S/C40H34N2/c1-6-7-16-29(2)30(3)23-24-31(4)34-17-10-8-9-11-18-35(37-20-13-12-19-36(34)37)32-25-27-33(28-26-32)40-41-38-21-14-15-22-39(38)42(40)5/h6-28H,1-4H2,5H3/b9-8?,10-8?,11-9?,16-7-,17-10?,18-11?,24-23-,34-17?,35-18?,36-34?,37-35?. The highest BCUT2D eigenvalue weighted by molar-refractivity contribution is 6.02. The fourth-order valence-corrected chi connectivity index (χ4v) is 4.99. The van der Waals surface area contributed by atoms with Crippen LogP contribution in [0.15, 0.2) is 177 Å². The van der Waals surface area contributed by atoms with Crippen LogP contribution < -0.4 is 0 Å². The van der Waals surface area contributed by atoms with Gasteiger partial charge in [0, 0.05) is 12.6 Å². The molecule has 0 bridgehead atoms. The number of benzene rings is 3. The maximum atomic E-state index is 4.88. The number of hydrogen-bond donors (Lipinski definition) is 0. The molecule has 0 spiro atoms. The second-order valence-corrected chi connectivity index (χ2v) is 10.0. The molecule has 1 aromatic heterocycles. The lowest BCUT2D eigenvalue weighted by atomic mass is 9.95. The summed E-state index contributed by atoms with van der Waals surface area (Å²) in [6.45, 7) is 16.4. The molecule has 0 aliphatic heterocycles. The third kappa shape index (κ3) is 5.99. The van der Waals surface area contributed by atoms with Crippen molar-refractivity contribution < 1.29 is 0 Å². The minimum absolute atomic E-state index is 0.822. The van der Waals surface area contributed by atoms with Crippen LogP contribution in [-0.2, 0) is 7.05 Å². The molecular weight excluding hydrogens is 508 g/mol. The zero-order valence-electron chi connectivity index (χ0n) is 24.0. The smallest absolute Gasteiger partial charge is 0.140 e. The average molecular weight is 543 g/mol.